The van der Waals surface area contributed by atoms with Crippen molar-refractivity contribution in [2.75, 3.05) is 19.7 Å². The van der Waals surface area contributed by atoms with E-state index >= 15 is 0 Å². The van der Waals surface area contributed by atoms with Crippen molar-refractivity contribution in [3.8, 4) is 0 Å². The van der Waals surface area contributed by atoms with Gasteiger partial charge in [0, 0.05) is 13.1 Å². The van der Waals surface area contributed by atoms with E-state index in [2.05, 4.69) is 0 Å². The molecule has 0 aromatic rings. The van der Waals surface area contributed by atoms with Crippen LogP contribution in [0.3, 0.4) is 0 Å². The summed E-state index contributed by atoms with van der Waals surface area (Å²) in [5, 5.41) is 0. The van der Waals surface area contributed by atoms with E-state index < -0.39 is 0 Å². The third-order valence-electron chi connectivity index (χ3n) is 6.97. The van der Waals surface area contributed by atoms with Gasteiger partial charge in [0.1, 0.15) is 0 Å². The standard InChI is InChI=1S/C19H28N2O4/c20-17(23)15-2-1-3-21(10-15)16(22)11-25-18(24)19-7-12-4-13(8-19)6-14(5-12)9-19/h12-15H,1-11H2,(H2,20,23)/t12?,13?,14?,15-,19?/m1/s1. The molecule has 1 atom stereocenters. The number of nitrogens with zero attached hydrogens (tertiary/aromatic N) is 1. The molecule has 0 aromatic carbocycles. The van der Waals surface area contributed by atoms with Crippen molar-refractivity contribution in [1.82, 2.24) is 4.90 Å². The zero-order valence-electron chi connectivity index (χ0n) is 14.7. The van der Waals surface area contributed by atoms with Crippen molar-refractivity contribution in [1.29, 1.82) is 0 Å². The maximum absolute atomic E-state index is 12.8. The van der Waals surface area contributed by atoms with Crippen LogP contribution in [0.5, 0.6) is 0 Å². The fourth-order valence-electron chi connectivity index (χ4n) is 6.17. The van der Waals surface area contributed by atoms with E-state index in [0.717, 1.165) is 32.1 Å². The molecule has 2 N–H and O–H groups in total. The highest BCUT2D eigenvalue weighted by Gasteiger charge is 2.55. The highest BCUT2D eigenvalue weighted by Crippen LogP contribution is 2.60. The van der Waals surface area contributed by atoms with Crippen molar-refractivity contribution in [3.05, 3.63) is 0 Å². The molecule has 6 heteroatoms. The average molecular weight is 348 g/mol. The molecule has 2 amide bonds. The molecule has 138 valence electrons. The molecule has 5 aliphatic rings. The monoisotopic (exact) mass is 348 g/mol. The van der Waals surface area contributed by atoms with E-state index in [0.29, 0.717) is 30.8 Å². The molecule has 1 aliphatic heterocycles. The minimum atomic E-state index is -0.358. The average Bonchev–Trinajstić information content (AvgIpc) is 2.58. The molecule has 4 saturated carbocycles. The van der Waals surface area contributed by atoms with Crippen molar-refractivity contribution >= 4 is 17.8 Å². The third-order valence-corrected chi connectivity index (χ3v) is 6.97. The van der Waals surface area contributed by atoms with Crippen molar-refractivity contribution < 1.29 is 19.1 Å². The van der Waals surface area contributed by atoms with E-state index in [-0.39, 0.29) is 35.7 Å². The zero-order chi connectivity index (χ0) is 17.6. The Morgan fingerprint density at radius 2 is 1.64 bits per heavy atom. The van der Waals surface area contributed by atoms with Gasteiger partial charge >= 0.3 is 5.97 Å². The van der Waals surface area contributed by atoms with Crippen molar-refractivity contribution in [2.45, 2.75) is 51.4 Å². The Kier molecular flexibility index (Phi) is 4.24. The van der Waals surface area contributed by atoms with Crippen molar-refractivity contribution in [2.24, 2.45) is 34.8 Å². The quantitative estimate of drug-likeness (QED) is 0.779. The first-order chi connectivity index (χ1) is 11.9. The Labute approximate surface area is 148 Å². The van der Waals surface area contributed by atoms with Gasteiger partial charge in [0.2, 0.25) is 5.91 Å². The SMILES string of the molecule is NC(=O)[C@@H]1CCCN(C(=O)COC(=O)C23CC4CC(CC(C4)C2)C3)C1. The second kappa shape index (κ2) is 6.29. The molecular weight excluding hydrogens is 320 g/mol. The second-order valence-electron chi connectivity index (χ2n) is 8.86. The molecule has 4 bridgehead atoms. The van der Waals surface area contributed by atoms with Crippen LogP contribution in [-0.4, -0.2) is 42.4 Å². The topological polar surface area (TPSA) is 89.7 Å². The van der Waals surface area contributed by atoms with Crippen LogP contribution in [-0.2, 0) is 19.1 Å². The fourth-order valence-corrected chi connectivity index (χ4v) is 6.17. The maximum Gasteiger partial charge on any atom is 0.312 e. The van der Waals surface area contributed by atoms with Gasteiger partial charge in [-0.05, 0) is 69.1 Å². The highest BCUT2D eigenvalue weighted by atomic mass is 16.5. The number of ether oxygens (including phenoxy) is 1. The molecule has 6 nitrogen and oxygen atoms in total. The van der Waals surface area contributed by atoms with Crippen LogP contribution in [0.4, 0.5) is 0 Å². The lowest BCUT2D eigenvalue weighted by molar-refractivity contribution is -0.174. The Morgan fingerprint density at radius 1 is 1.04 bits per heavy atom. The Hall–Kier alpha value is -1.59. The molecule has 1 saturated heterocycles. The lowest BCUT2D eigenvalue weighted by Gasteiger charge is -2.55. The normalized spacial score (nSPS) is 39.3. The number of hydrogen-bond donors (Lipinski definition) is 1. The van der Waals surface area contributed by atoms with Crippen LogP contribution >= 0.6 is 0 Å². The number of piperidine rings is 1. The number of rotatable bonds is 4. The van der Waals surface area contributed by atoms with Gasteiger partial charge in [-0.2, -0.15) is 0 Å². The minimum Gasteiger partial charge on any atom is -0.455 e. The predicted octanol–water partition coefficient (Wildman–Crippen LogP) is 1.47. The van der Waals surface area contributed by atoms with Crippen molar-refractivity contribution in [3.63, 3.8) is 0 Å². The molecule has 4 aliphatic carbocycles. The first kappa shape index (κ1) is 16.9. The van der Waals surface area contributed by atoms with Gasteiger partial charge in [-0.15, -0.1) is 0 Å². The zero-order valence-corrected chi connectivity index (χ0v) is 14.7. The molecule has 0 unspecified atom stereocenters. The summed E-state index contributed by atoms with van der Waals surface area (Å²) in [6, 6.07) is 0. The third kappa shape index (κ3) is 3.15. The number of esters is 1. The van der Waals surface area contributed by atoms with Gasteiger partial charge < -0.3 is 15.4 Å². The number of likely N-dealkylation sites (tertiary alicyclic amines) is 1. The summed E-state index contributed by atoms with van der Waals surface area (Å²) in [6.07, 6.45) is 8.14. The molecule has 25 heavy (non-hydrogen) atoms. The number of carbonyl (C=O) groups is 3. The predicted molar refractivity (Wildman–Crippen MR) is 90.1 cm³/mol. The highest BCUT2D eigenvalue weighted by molar-refractivity contribution is 5.84. The van der Waals surface area contributed by atoms with E-state index in [1.807, 2.05) is 0 Å². The van der Waals surface area contributed by atoms with E-state index in [9.17, 15) is 14.4 Å². The first-order valence-corrected chi connectivity index (χ1v) is 9.69. The van der Waals surface area contributed by atoms with E-state index in [1.54, 1.807) is 4.90 Å². The molecule has 5 rings (SSSR count). The number of carbonyl (C=O) groups excluding carboxylic acids is 3. The summed E-state index contributed by atoms with van der Waals surface area (Å²) in [6.45, 7) is 0.757. The van der Waals surface area contributed by atoms with Crippen LogP contribution in [0.2, 0.25) is 0 Å². The summed E-state index contributed by atoms with van der Waals surface area (Å²) < 4.78 is 5.49. The number of primary amides is 1. The summed E-state index contributed by atoms with van der Waals surface area (Å²) >= 11 is 0. The lowest BCUT2D eigenvalue weighted by Crippen LogP contribution is -2.51. The smallest absolute Gasteiger partial charge is 0.312 e. The van der Waals surface area contributed by atoms with Gasteiger partial charge in [-0.3, -0.25) is 14.4 Å². The largest absolute Gasteiger partial charge is 0.455 e. The van der Waals surface area contributed by atoms with Crippen LogP contribution in [0.15, 0.2) is 0 Å². The number of nitrogens with two attached hydrogens (primary N) is 1. The summed E-state index contributed by atoms with van der Waals surface area (Å²) in [7, 11) is 0. The van der Waals surface area contributed by atoms with Crippen LogP contribution < -0.4 is 5.73 Å². The van der Waals surface area contributed by atoms with Gasteiger partial charge in [0.15, 0.2) is 6.61 Å². The summed E-state index contributed by atoms with van der Waals surface area (Å²) in [5.41, 5.74) is 5.03. The summed E-state index contributed by atoms with van der Waals surface area (Å²) in [5.74, 6) is 1.01. The van der Waals surface area contributed by atoms with Gasteiger partial charge in [-0.1, -0.05) is 0 Å². The second-order valence-corrected chi connectivity index (χ2v) is 8.86. The van der Waals surface area contributed by atoms with Crippen LogP contribution in [0, 0.1) is 29.1 Å². The van der Waals surface area contributed by atoms with E-state index in [1.165, 1.54) is 19.3 Å². The van der Waals surface area contributed by atoms with Gasteiger partial charge in [0.25, 0.3) is 5.91 Å². The van der Waals surface area contributed by atoms with Gasteiger partial charge in [0.05, 0.1) is 11.3 Å². The lowest BCUT2D eigenvalue weighted by atomic mass is 9.49. The maximum atomic E-state index is 12.8. The van der Waals surface area contributed by atoms with E-state index in [4.69, 9.17) is 10.5 Å². The summed E-state index contributed by atoms with van der Waals surface area (Å²) in [4.78, 5) is 38.1. The molecule has 0 aromatic heterocycles. The van der Waals surface area contributed by atoms with Crippen LogP contribution in [0.1, 0.15) is 51.4 Å². The van der Waals surface area contributed by atoms with Crippen LogP contribution in [0.25, 0.3) is 0 Å². The minimum absolute atomic E-state index is 0.164. The Bertz CT molecular complexity index is 553. The Morgan fingerprint density at radius 3 is 2.20 bits per heavy atom. The van der Waals surface area contributed by atoms with Gasteiger partial charge in [-0.25, -0.2) is 0 Å². The molecule has 0 radical (unpaired) electrons. The molecule has 1 heterocycles. The molecular formula is C19H28N2O4. The molecule has 0 spiro atoms. The Balaban J connectivity index is 1.33. The fraction of sp³-hybridized carbons (Fsp3) is 0.842. The number of amides is 2. The number of hydrogen-bond acceptors (Lipinski definition) is 4. The molecule has 5 fully saturated rings. The first-order valence-electron chi connectivity index (χ1n) is 9.69.